The van der Waals surface area contributed by atoms with E-state index in [2.05, 4.69) is 34.7 Å². The molecule has 204 valence electrons. The number of rotatable bonds is 8. The van der Waals surface area contributed by atoms with Gasteiger partial charge in [0.25, 0.3) is 0 Å². The van der Waals surface area contributed by atoms with Crippen molar-refractivity contribution >= 4 is 51.0 Å². The van der Waals surface area contributed by atoms with E-state index in [4.69, 9.17) is 31.0 Å². The smallest absolute Gasteiger partial charge is 0.432 e. The summed E-state index contributed by atoms with van der Waals surface area (Å²) in [5.41, 5.74) is 4.81. The van der Waals surface area contributed by atoms with Crippen molar-refractivity contribution in [3.05, 3.63) is 91.1 Å². The summed E-state index contributed by atoms with van der Waals surface area (Å²) in [5.74, 6) is 2.43. The normalized spacial score (nSPS) is 11.1. The van der Waals surface area contributed by atoms with Gasteiger partial charge in [-0.15, -0.1) is 11.6 Å². The van der Waals surface area contributed by atoms with E-state index in [1.54, 1.807) is 19.2 Å². The Labute approximate surface area is 240 Å². The Bertz CT molecular complexity index is 1890. The fraction of sp³-hybridized carbons (Fsp3) is 0.0968. The largest absolute Gasteiger partial charge is 0.493 e. The van der Waals surface area contributed by atoms with Gasteiger partial charge in [-0.25, -0.2) is 14.8 Å². The van der Waals surface area contributed by atoms with E-state index in [0.29, 0.717) is 63.1 Å². The molecule has 0 amide bonds. The van der Waals surface area contributed by atoms with Crippen molar-refractivity contribution in [2.75, 3.05) is 24.9 Å². The number of anilines is 2. The Hall–Kier alpha value is -5.15. The van der Waals surface area contributed by atoms with Crippen LogP contribution in [0.3, 0.4) is 0 Å². The van der Waals surface area contributed by atoms with Crippen molar-refractivity contribution < 1.29 is 19.4 Å². The first-order valence-electron chi connectivity index (χ1n) is 12.8. The van der Waals surface area contributed by atoms with E-state index in [1.807, 2.05) is 48.5 Å². The van der Waals surface area contributed by atoms with Crippen LogP contribution in [0.2, 0.25) is 0 Å². The van der Waals surface area contributed by atoms with Gasteiger partial charge < -0.3 is 19.9 Å². The van der Waals surface area contributed by atoms with Gasteiger partial charge in [-0.05, 0) is 41.5 Å². The van der Waals surface area contributed by atoms with E-state index in [9.17, 15) is 9.90 Å². The Kier molecular flexibility index (Phi) is 7.09. The maximum atomic E-state index is 11.5. The van der Waals surface area contributed by atoms with Crippen LogP contribution < -0.4 is 14.8 Å². The number of hydrogen-bond acceptors (Lipinski definition) is 7. The van der Waals surface area contributed by atoms with Crippen LogP contribution >= 0.6 is 11.6 Å². The summed E-state index contributed by atoms with van der Waals surface area (Å²) >= 11 is 5.87. The lowest BCUT2D eigenvalue weighted by atomic mass is 10.0. The number of benzene rings is 4. The predicted octanol–water partition coefficient (Wildman–Crippen LogP) is 7.21. The fourth-order valence-corrected chi connectivity index (χ4v) is 4.73. The number of carbonyl (C=O) groups is 1. The second kappa shape index (κ2) is 11.1. The molecule has 0 fully saturated rings. The fourth-order valence-electron chi connectivity index (χ4n) is 4.65. The summed E-state index contributed by atoms with van der Waals surface area (Å²) in [4.78, 5) is 21.3. The molecule has 0 saturated carbocycles. The molecule has 2 aromatic heterocycles. The van der Waals surface area contributed by atoms with E-state index in [0.717, 1.165) is 21.4 Å². The Morgan fingerprint density at radius 2 is 1.73 bits per heavy atom. The highest BCUT2D eigenvalue weighted by molar-refractivity contribution is 6.18. The molecule has 2 N–H and O–H groups in total. The number of nitrogens with one attached hydrogen (secondary N) is 1. The van der Waals surface area contributed by atoms with E-state index in [-0.39, 0.29) is 0 Å². The number of hydrogen-bond donors (Lipinski definition) is 2. The molecular formula is C31H24ClN5O4. The quantitative estimate of drug-likeness (QED) is 0.186. The highest BCUT2D eigenvalue weighted by Crippen LogP contribution is 2.37. The average Bonchev–Trinajstić information content (AvgIpc) is 3.44. The molecule has 0 aliphatic carbocycles. The first-order chi connectivity index (χ1) is 20.0. The van der Waals surface area contributed by atoms with Gasteiger partial charge >= 0.3 is 6.09 Å². The average molecular weight is 566 g/mol. The molecule has 0 unspecified atom stereocenters. The zero-order chi connectivity index (χ0) is 28.3. The van der Waals surface area contributed by atoms with Crippen LogP contribution in [-0.2, 0) is 0 Å². The third-order valence-electron chi connectivity index (χ3n) is 6.56. The van der Waals surface area contributed by atoms with Gasteiger partial charge in [0.2, 0.25) is 0 Å². The summed E-state index contributed by atoms with van der Waals surface area (Å²) in [7, 11) is 1.58. The van der Waals surface area contributed by atoms with Crippen molar-refractivity contribution in [1.29, 1.82) is 0 Å². The van der Waals surface area contributed by atoms with Gasteiger partial charge in [0.1, 0.15) is 12.4 Å². The number of alkyl halides is 1. The summed E-state index contributed by atoms with van der Waals surface area (Å²) in [6.45, 7) is 0.307. The molecule has 6 rings (SSSR count). The molecule has 0 radical (unpaired) electrons. The highest BCUT2D eigenvalue weighted by Gasteiger charge is 2.16. The zero-order valence-electron chi connectivity index (χ0n) is 21.9. The summed E-state index contributed by atoms with van der Waals surface area (Å²) in [6.07, 6.45) is 0.360. The first kappa shape index (κ1) is 26.1. The van der Waals surface area contributed by atoms with Crippen molar-refractivity contribution in [3.63, 3.8) is 0 Å². The Balaban J connectivity index is 1.49. The van der Waals surface area contributed by atoms with E-state index in [1.165, 1.54) is 6.20 Å². The van der Waals surface area contributed by atoms with Gasteiger partial charge in [0, 0.05) is 28.1 Å². The molecule has 6 aromatic rings. The minimum absolute atomic E-state index is 0.307. The Morgan fingerprint density at radius 3 is 2.51 bits per heavy atom. The lowest BCUT2D eigenvalue weighted by molar-refractivity contribution is 0.194. The third kappa shape index (κ3) is 5.22. The third-order valence-corrected chi connectivity index (χ3v) is 6.71. The van der Waals surface area contributed by atoms with Crippen molar-refractivity contribution in [2.45, 2.75) is 0 Å². The maximum absolute atomic E-state index is 11.5. The number of carboxylic acid groups (broad SMARTS) is 1. The highest BCUT2D eigenvalue weighted by atomic mass is 35.5. The summed E-state index contributed by atoms with van der Waals surface area (Å²) in [5, 5.41) is 18.1. The van der Waals surface area contributed by atoms with Crippen LogP contribution in [0.25, 0.3) is 44.3 Å². The molecule has 4 aromatic carbocycles. The van der Waals surface area contributed by atoms with Crippen molar-refractivity contribution in [2.24, 2.45) is 0 Å². The minimum Gasteiger partial charge on any atom is -0.493 e. The predicted molar refractivity (Wildman–Crippen MR) is 160 cm³/mol. The lowest BCUT2D eigenvalue weighted by Crippen LogP contribution is -2.08. The Morgan fingerprint density at radius 1 is 0.927 bits per heavy atom. The second-order valence-corrected chi connectivity index (χ2v) is 9.52. The number of halogens is 1. The topological polar surface area (TPSA) is 111 Å². The molecule has 10 heteroatoms. The molecule has 9 nitrogen and oxygen atoms in total. The van der Waals surface area contributed by atoms with Crippen LogP contribution in [0.4, 0.5) is 16.3 Å². The van der Waals surface area contributed by atoms with E-state index >= 15 is 0 Å². The summed E-state index contributed by atoms with van der Waals surface area (Å²) in [6, 6.07) is 27.1. The van der Waals surface area contributed by atoms with E-state index < -0.39 is 6.09 Å². The molecule has 41 heavy (non-hydrogen) atoms. The lowest BCUT2D eigenvalue weighted by Gasteiger charge is -2.15. The van der Waals surface area contributed by atoms with Crippen molar-refractivity contribution in [1.82, 2.24) is 19.7 Å². The molecule has 2 heterocycles. The molecule has 0 saturated heterocycles. The van der Waals surface area contributed by atoms with Gasteiger partial charge in [-0.3, -0.25) is 0 Å². The van der Waals surface area contributed by atoms with Crippen LogP contribution in [0.15, 0.2) is 91.1 Å². The molecule has 0 atom stereocenters. The number of fused-ring (bicyclic) bond motifs is 2. The monoisotopic (exact) mass is 565 g/mol. The molecule has 0 aliphatic rings. The zero-order valence-corrected chi connectivity index (χ0v) is 22.7. The SMILES string of the molecule is COc1cc2nc(-c3cccc(-c4ccccc4)c3)nc(Nc3ccc4c(cnn4C(=O)O)c3)c2cc1OCCCl. The number of aromatic nitrogens is 4. The maximum Gasteiger partial charge on any atom is 0.432 e. The molecule has 0 aliphatic heterocycles. The van der Waals surface area contributed by atoms with Gasteiger partial charge in [-0.2, -0.15) is 9.78 Å². The molecule has 0 bridgehead atoms. The second-order valence-electron chi connectivity index (χ2n) is 9.14. The van der Waals surface area contributed by atoms with Crippen LogP contribution in [0.5, 0.6) is 11.5 Å². The summed E-state index contributed by atoms with van der Waals surface area (Å²) < 4.78 is 12.4. The number of methoxy groups -OCH3 is 1. The number of ether oxygens (including phenoxy) is 2. The van der Waals surface area contributed by atoms with Crippen LogP contribution in [0.1, 0.15) is 0 Å². The minimum atomic E-state index is -1.15. The molecular weight excluding hydrogens is 542 g/mol. The van der Waals surface area contributed by atoms with Gasteiger partial charge in [0.15, 0.2) is 17.3 Å². The first-order valence-corrected chi connectivity index (χ1v) is 13.3. The van der Waals surface area contributed by atoms with Gasteiger partial charge in [-0.1, -0.05) is 48.5 Å². The number of nitrogens with zero attached hydrogens (tertiary/aromatic N) is 4. The van der Waals surface area contributed by atoms with Crippen LogP contribution in [0, 0.1) is 0 Å². The van der Waals surface area contributed by atoms with Crippen molar-refractivity contribution in [3.8, 4) is 34.0 Å². The molecule has 0 spiro atoms. The van der Waals surface area contributed by atoms with Gasteiger partial charge in [0.05, 0.1) is 30.2 Å². The van der Waals surface area contributed by atoms with Crippen LogP contribution in [-0.4, -0.2) is 50.5 Å². The standard InChI is InChI=1S/C31H24ClN5O4/c1-40-27-17-25-24(16-28(27)41-13-12-32)30(34-23-10-11-26-22(15-23)18-33-37(26)31(38)39)36-29(35-25)21-9-5-8-20(14-21)19-6-3-2-4-7-19/h2-11,14-18H,12-13H2,1H3,(H,38,39)(H,34,35,36).